The topological polar surface area (TPSA) is 68.5 Å². The average molecular weight is 383 g/mol. The molecule has 0 spiro atoms. The van der Waals surface area contributed by atoms with Crippen molar-refractivity contribution in [3.05, 3.63) is 29.7 Å². The van der Waals surface area contributed by atoms with Gasteiger partial charge in [-0.05, 0) is 13.0 Å². The molecule has 0 aliphatic carbocycles. The van der Waals surface area contributed by atoms with Crippen molar-refractivity contribution in [1.29, 1.82) is 0 Å². The van der Waals surface area contributed by atoms with E-state index in [4.69, 9.17) is 4.74 Å². The maximum absolute atomic E-state index is 12.7. The Morgan fingerprint density at radius 3 is 2.56 bits per heavy atom. The first-order valence-electron chi connectivity index (χ1n) is 8.45. The summed E-state index contributed by atoms with van der Waals surface area (Å²) in [4.78, 5) is 17.9. The van der Waals surface area contributed by atoms with Gasteiger partial charge in [0.1, 0.15) is 12.4 Å². The fourth-order valence-corrected chi connectivity index (χ4v) is 2.76. The van der Waals surface area contributed by atoms with Gasteiger partial charge in [0.2, 0.25) is 11.7 Å². The molecule has 0 fully saturated rings. The third-order valence-electron chi connectivity index (χ3n) is 4.25. The minimum Gasteiger partial charge on any atom is -0.491 e. The van der Waals surface area contributed by atoms with Crippen molar-refractivity contribution >= 4 is 5.91 Å². The number of benzene rings is 1. The number of hydrogen-bond acceptors (Lipinski definition) is 5. The number of fused-ring (bicyclic) bond motifs is 1. The summed E-state index contributed by atoms with van der Waals surface area (Å²) in [5.74, 6) is -1.08. The van der Waals surface area contributed by atoms with E-state index in [2.05, 4.69) is 14.7 Å². The van der Waals surface area contributed by atoms with Crippen molar-refractivity contribution < 1.29 is 27.2 Å². The fraction of sp³-hybridized carbons (Fsp3) is 0.500. The molecule has 0 radical (unpaired) electrons. The van der Waals surface area contributed by atoms with E-state index in [0.29, 0.717) is 17.9 Å². The molecule has 1 aliphatic rings. The van der Waals surface area contributed by atoms with Crippen molar-refractivity contribution in [3.8, 4) is 17.1 Å². The standard InChI is InChI=1S/C18H20F3N3O3/c1-10-9-26-13-7-11(14-22-15(27-23-14)18(19,20)21)5-6-12(13)8-24(10)16(25)17(2,3)4/h5-7,10H,8-9H2,1-4H3. The molecule has 3 rings (SSSR count). The second kappa shape index (κ2) is 6.54. The Balaban J connectivity index is 1.90. The molecule has 6 nitrogen and oxygen atoms in total. The molecule has 0 saturated heterocycles. The highest BCUT2D eigenvalue weighted by atomic mass is 19.4. The first kappa shape index (κ1) is 19.2. The van der Waals surface area contributed by atoms with E-state index >= 15 is 0 Å². The van der Waals surface area contributed by atoms with Crippen LogP contribution < -0.4 is 4.74 Å². The Morgan fingerprint density at radius 2 is 1.96 bits per heavy atom. The van der Waals surface area contributed by atoms with Gasteiger partial charge in [0.25, 0.3) is 0 Å². The second-order valence-corrected chi connectivity index (χ2v) is 7.59. The zero-order valence-corrected chi connectivity index (χ0v) is 15.4. The lowest BCUT2D eigenvalue weighted by atomic mass is 9.93. The maximum atomic E-state index is 12.7. The number of halogens is 3. The molecule has 146 valence electrons. The highest BCUT2D eigenvalue weighted by molar-refractivity contribution is 5.82. The number of nitrogens with zero attached hydrogens (tertiary/aromatic N) is 3. The van der Waals surface area contributed by atoms with Gasteiger partial charge >= 0.3 is 12.1 Å². The van der Waals surface area contributed by atoms with Gasteiger partial charge in [-0.1, -0.05) is 38.1 Å². The third kappa shape index (κ3) is 3.91. The molecule has 1 aromatic heterocycles. The summed E-state index contributed by atoms with van der Waals surface area (Å²) in [6, 6.07) is 4.71. The van der Waals surface area contributed by atoms with Crippen LogP contribution >= 0.6 is 0 Å². The van der Waals surface area contributed by atoms with E-state index in [1.165, 1.54) is 0 Å². The van der Waals surface area contributed by atoms with Crippen LogP contribution in [0.25, 0.3) is 11.4 Å². The van der Waals surface area contributed by atoms with Crippen LogP contribution in [0.2, 0.25) is 0 Å². The van der Waals surface area contributed by atoms with Crippen LogP contribution in [-0.2, 0) is 17.5 Å². The quantitative estimate of drug-likeness (QED) is 0.747. The molecule has 1 aromatic carbocycles. The summed E-state index contributed by atoms with van der Waals surface area (Å²) < 4.78 is 48.0. The van der Waals surface area contributed by atoms with Crippen LogP contribution in [0, 0.1) is 5.41 Å². The summed E-state index contributed by atoms with van der Waals surface area (Å²) >= 11 is 0. The van der Waals surface area contributed by atoms with E-state index in [-0.39, 0.29) is 24.4 Å². The van der Waals surface area contributed by atoms with Crippen molar-refractivity contribution in [2.75, 3.05) is 6.61 Å². The Hall–Kier alpha value is -2.58. The van der Waals surface area contributed by atoms with E-state index in [9.17, 15) is 18.0 Å². The number of ether oxygens (including phenoxy) is 1. The monoisotopic (exact) mass is 383 g/mol. The summed E-state index contributed by atoms with van der Waals surface area (Å²) in [5.41, 5.74) is 0.577. The van der Waals surface area contributed by atoms with Gasteiger partial charge in [-0.15, -0.1) is 0 Å². The van der Waals surface area contributed by atoms with Crippen LogP contribution in [0.5, 0.6) is 5.75 Å². The lowest BCUT2D eigenvalue weighted by Gasteiger charge is -2.32. The first-order chi connectivity index (χ1) is 12.5. The number of hydrogen-bond donors (Lipinski definition) is 0. The average Bonchev–Trinajstić information content (AvgIpc) is 3.01. The van der Waals surface area contributed by atoms with Gasteiger partial charge in [0.15, 0.2) is 0 Å². The fourth-order valence-electron chi connectivity index (χ4n) is 2.76. The van der Waals surface area contributed by atoms with Crippen LogP contribution in [0.3, 0.4) is 0 Å². The summed E-state index contributed by atoms with van der Waals surface area (Å²) in [6.07, 6.45) is -4.70. The van der Waals surface area contributed by atoms with Gasteiger partial charge in [-0.2, -0.15) is 18.2 Å². The van der Waals surface area contributed by atoms with Gasteiger partial charge in [0.05, 0.1) is 6.04 Å². The molecule has 1 atom stereocenters. The number of rotatable bonds is 1. The molecule has 1 amide bonds. The number of carbonyl (C=O) groups is 1. The molecular formula is C18H20F3N3O3. The summed E-state index contributed by atoms with van der Waals surface area (Å²) in [5, 5.41) is 3.39. The van der Waals surface area contributed by atoms with E-state index in [0.717, 1.165) is 5.56 Å². The zero-order chi connectivity index (χ0) is 20.0. The molecule has 0 N–H and O–H groups in total. The highest BCUT2D eigenvalue weighted by Crippen LogP contribution is 2.33. The lowest BCUT2D eigenvalue weighted by Crippen LogP contribution is -2.45. The molecule has 2 aromatic rings. The minimum atomic E-state index is -4.70. The molecule has 0 bridgehead atoms. The van der Waals surface area contributed by atoms with E-state index in [1.54, 1.807) is 23.1 Å². The predicted molar refractivity (Wildman–Crippen MR) is 89.7 cm³/mol. The number of aromatic nitrogens is 2. The van der Waals surface area contributed by atoms with Gasteiger partial charge in [-0.25, -0.2) is 0 Å². The third-order valence-corrected chi connectivity index (χ3v) is 4.25. The summed E-state index contributed by atoms with van der Waals surface area (Å²) in [6.45, 7) is 8.08. The van der Waals surface area contributed by atoms with Crippen molar-refractivity contribution in [3.63, 3.8) is 0 Å². The lowest BCUT2D eigenvalue weighted by molar-refractivity contribution is -0.159. The van der Waals surface area contributed by atoms with Gasteiger partial charge in [0, 0.05) is 23.1 Å². The highest BCUT2D eigenvalue weighted by Gasteiger charge is 2.38. The molecule has 1 unspecified atom stereocenters. The number of carbonyl (C=O) groups excluding carboxylic acids is 1. The van der Waals surface area contributed by atoms with Gasteiger partial charge < -0.3 is 14.2 Å². The number of alkyl halides is 3. The Labute approximate surface area is 154 Å². The maximum Gasteiger partial charge on any atom is 0.471 e. The van der Waals surface area contributed by atoms with Crippen LogP contribution in [0.1, 0.15) is 39.1 Å². The molecule has 27 heavy (non-hydrogen) atoms. The molecule has 9 heteroatoms. The molecule has 0 saturated carbocycles. The molecule has 1 aliphatic heterocycles. The summed E-state index contributed by atoms with van der Waals surface area (Å²) in [7, 11) is 0. The van der Waals surface area contributed by atoms with Crippen molar-refractivity contribution in [1.82, 2.24) is 15.0 Å². The van der Waals surface area contributed by atoms with Crippen LogP contribution in [0.15, 0.2) is 22.7 Å². The zero-order valence-electron chi connectivity index (χ0n) is 15.4. The van der Waals surface area contributed by atoms with Crippen LogP contribution in [-0.4, -0.2) is 33.6 Å². The van der Waals surface area contributed by atoms with Crippen molar-refractivity contribution in [2.24, 2.45) is 5.41 Å². The Bertz CT molecular complexity index is 856. The SMILES string of the molecule is CC1COc2cc(-c3noc(C(F)(F)F)n3)ccc2CN1C(=O)C(C)(C)C. The normalized spacial score (nSPS) is 17.9. The second-order valence-electron chi connectivity index (χ2n) is 7.59. The predicted octanol–water partition coefficient (Wildman–Crippen LogP) is 3.91. The van der Waals surface area contributed by atoms with Gasteiger partial charge in [-0.3, -0.25) is 4.79 Å². The Kier molecular flexibility index (Phi) is 4.65. The van der Waals surface area contributed by atoms with Crippen LogP contribution in [0.4, 0.5) is 13.2 Å². The number of amides is 1. The molecular weight excluding hydrogens is 363 g/mol. The van der Waals surface area contributed by atoms with E-state index in [1.807, 2.05) is 27.7 Å². The Morgan fingerprint density at radius 1 is 1.26 bits per heavy atom. The molecule has 2 heterocycles. The van der Waals surface area contributed by atoms with Crippen molar-refractivity contribution in [2.45, 2.75) is 46.5 Å². The minimum absolute atomic E-state index is 0.00325. The smallest absolute Gasteiger partial charge is 0.471 e. The van der Waals surface area contributed by atoms with E-state index < -0.39 is 17.5 Å². The first-order valence-corrected chi connectivity index (χ1v) is 8.45. The largest absolute Gasteiger partial charge is 0.491 e.